The van der Waals surface area contributed by atoms with Crippen LogP contribution in [-0.4, -0.2) is 78.3 Å². The molecule has 10 nitrogen and oxygen atoms in total. The maximum atomic E-state index is 11.8. The van der Waals surface area contributed by atoms with Crippen molar-refractivity contribution in [1.82, 2.24) is 24.2 Å². The van der Waals surface area contributed by atoms with Crippen LogP contribution in [-0.2, 0) is 14.8 Å². The van der Waals surface area contributed by atoms with E-state index in [2.05, 4.69) is 15.3 Å². The molecule has 0 spiro atoms. The molecule has 2 aliphatic heterocycles. The van der Waals surface area contributed by atoms with Gasteiger partial charge in [-0.15, -0.1) is 0 Å². The molecular weight excluding hydrogens is 456 g/mol. The third kappa shape index (κ3) is 4.58. The summed E-state index contributed by atoms with van der Waals surface area (Å²) in [6.07, 6.45) is 5.11. The number of aromatic nitrogens is 3. The molecule has 2 fully saturated rings. The molecule has 1 N–H and O–H groups in total. The number of rotatable bonds is 6. The highest BCUT2D eigenvalue weighted by molar-refractivity contribution is 7.88. The first-order valence-corrected chi connectivity index (χ1v) is 13.2. The number of fused-ring (bicyclic) bond motifs is 1. The number of carbonyl (C=O) groups excluding carboxylic acids is 1. The van der Waals surface area contributed by atoms with Crippen molar-refractivity contribution in [3.8, 4) is 17.1 Å². The minimum Gasteiger partial charge on any atom is -0.473 e. The van der Waals surface area contributed by atoms with E-state index in [9.17, 15) is 13.2 Å². The largest absolute Gasteiger partial charge is 0.473 e. The normalized spacial score (nSPS) is 20.5. The van der Waals surface area contributed by atoms with E-state index < -0.39 is 10.0 Å². The predicted molar refractivity (Wildman–Crippen MR) is 128 cm³/mol. The van der Waals surface area contributed by atoms with Gasteiger partial charge in [-0.2, -0.15) is 9.40 Å². The Bertz CT molecular complexity index is 1300. The number of hydrogen-bond acceptors (Lipinski definition) is 7. The number of sulfonamides is 1. The quantitative estimate of drug-likeness (QED) is 0.563. The van der Waals surface area contributed by atoms with Crippen molar-refractivity contribution in [3.05, 3.63) is 42.7 Å². The first kappa shape index (κ1) is 22.6. The number of anilines is 1. The number of nitrogens with zero attached hydrogens (tertiary/aromatic N) is 5. The summed E-state index contributed by atoms with van der Waals surface area (Å²) in [5.74, 6) is 0.640. The Balaban J connectivity index is 1.35. The molecule has 1 amide bonds. The predicted octanol–water partition coefficient (Wildman–Crippen LogP) is 1.38. The van der Waals surface area contributed by atoms with Crippen molar-refractivity contribution >= 4 is 27.1 Å². The van der Waals surface area contributed by atoms with Crippen LogP contribution in [0.5, 0.6) is 5.88 Å². The van der Waals surface area contributed by atoms with Crippen molar-refractivity contribution in [1.29, 1.82) is 0 Å². The molecule has 1 aromatic carbocycles. The van der Waals surface area contributed by atoms with Gasteiger partial charge in [-0.3, -0.25) is 4.79 Å². The Morgan fingerprint density at radius 2 is 1.85 bits per heavy atom. The molecule has 11 heteroatoms. The van der Waals surface area contributed by atoms with Crippen LogP contribution in [0.15, 0.2) is 42.7 Å². The van der Waals surface area contributed by atoms with E-state index >= 15 is 0 Å². The van der Waals surface area contributed by atoms with Crippen LogP contribution in [0, 0.1) is 5.92 Å². The Hall–Kier alpha value is -3.18. The second-order valence-electron chi connectivity index (χ2n) is 8.88. The zero-order chi connectivity index (χ0) is 23.9. The lowest BCUT2D eigenvalue weighted by atomic mass is 10.0. The van der Waals surface area contributed by atoms with Crippen LogP contribution in [0.1, 0.15) is 13.3 Å². The van der Waals surface area contributed by atoms with Crippen LogP contribution in [0.3, 0.4) is 0 Å². The minimum absolute atomic E-state index is 0.0504. The molecular formula is C23H28N6O4S. The Kier molecular flexibility index (Phi) is 5.90. The summed E-state index contributed by atoms with van der Waals surface area (Å²) >= 11 is 0. The Morgan fingerprint density at radius 1 is 1.12 bits per heavy atom. The van der Waals surface area contributed by atoms with E-state index in [4.69, 9.17) is 9.72 Å². The Labute approximate surface area is 198 Å². The zero-order valence-electron chi connectivity index (χ0n) is 19.2. The van der Waals surface area contributed by atoms with Gasteiger partial charge in [0.2, 0.25) is 21.8 Å². The van der Waals surface area contributed by atoms with Crippen molar-refractivity contribution in [3.63, 3.8) is 0 Å². The van der Waals surface area contributed by atoms with Crippen LogP contribution in [0.25, 0.3) is 16.8 Å². The molecule has 180 valence electrons. The van der Waals surface area contributed by atoms with Crippen molar-refractivity contribution < 1.29 is 17.9 Å². The van der Waals surface area contributed by atoms with Gasteiger partial charge < -0.3 is 15.0 Å². The number of benzene rings is 1. The van der Waals surface area contributed by atoms with Gasteiger partial charge in [-0.25, -0.2) is 17.9 Å². The molecule has 0 bridgehead atoms. The van der Waals surface area contributed by atoms with E-state index in [1.54, 1.807) is 10.7 Å². The standard InChI is InChI=1S/C23H28N6O4S/c1-16(18-13-22(30)24-14-18)33-23-21-7-8-25-29(21)15-20(26-23)17-3-5-19(6-4-17)27-9-11-28(12-10-27)34(2,31)32/h3-8,15-16,18H,9-14H2,1-2H3,(H,24,30). The lowest BCUT2D eigenvalue weighted by molar-refractivity contribution is -0.119. The summed E-state index contributed by atoms with van der Waals surface area (Å²) in [5, 5.41) is 7.22. The first-order valence-electron chi connectivity index (χ1n) is 11.4. The third-order valence-corrected chi connectivity index (χ3v) is 7.87. The summed E-state index contributed by atoms with van der Waals surface area (Å²) in [6, 6.07) is 9.92. The summed E-state index contributed by atoms with van der Waals surface area (Å²) in [5.41, 5.74) is 3.47. The average Bonchev–Trinajstić information content (AvgIpc) is 3.48. The molecule has 2 aromatic heterocycles. The molecule has 5 rings (SSSR count). The first-order chi connectivity index (χ1) is 16.3. The van der Waals surface area contributed by atoms with Crippen molar-refractivity contribution in [2.45, 2.75) is 19.4 Å². The monoisotopic (exact) mass is 484 g/mol. The Morgan fingerprint density at radius 3 is 2.50 bits per heavy atom. The molecule has 34 heavy (non-hydrogen) atoms. The maximum Gasteiger partial charge on any atom is 0.240 e. The topological polar surface area (TPSA) is 109 Å². The van der Waals surface area contributed by atoms with Crippen LogP contribution >= 0.6 is 0 Å². The molecule has 0 aliphatic carbocycles. The van der Waals surface area contributed by atoms with Gasteiger partial charge in [-0.1, -0.05) is 12.1 Å². The lowest BCUT2D eigenvalue weighted by Gasteiger charge is -2.34. The highest BCUT2D eigenvalue weighted by atomic mass is 32.2. The SMILES string of the molecule is CC(Oc1nc(-c2ccc(N3CCN(S(C)(=O)=O)CC3)cc2)cn2nccc12)C1CNC(=O)C1. The van der Waals surface area contributed by atoms with Gasteiger partial charge in [-0.05, 0) is 25.1 Å². The van der Waals surface area contributed by atoms with Crippen molar-refractivity contribution in [2.75, 3.05) is 43.9 Å². The average molecular weight is 485 g/mol. The minimum atomic E-state index is -3.15. The highest BCUT2D eigenvalue weighted by Crippen LogP contribution is 2.28. The number of nitrogens with one attached hydrogen (secondary N) is 1. The fourth-order valence-corrected chi connectivity index (χ4v) is 5.30. The molecule has 2 saturated heterocycles. The van der Waals surface area contributed by atoms with Crippen LogP contribution in [0.4, 0.5) is 5.69 Å². The number of ether oxygens (including phenoxy) is 1. The van der Waals surface area contributed by atoms with Crippen LogP contribution < -0.4 is 15.0 Å². The molecule has 3 aromatic rings. The van der Waals surface area contributed by atoms with E-state index in [0.717, 1.165) is 22.5 Å². The fourth-order valence-electron chi connectivity index (χ4n) is 4.48. The van der Waals surface area contributed by atoms with Gasteiger partial charge in [0.05, 0.1) is 24.3 Å². The molecule has 0 radical (unpaired) electrons. The highest BCUT2D eigenvalue weighted by Gasteiger charge is 2.29. The summed E-state index contributed by atoms with van der Waals surface area (Å²) in [6.45, 7) is 4.84. The van der Waals surface area contributed by atoms with E-state index in [1.807, 2.05) is 43.5 Å². The van der Waals surface area contributed by atoms with Crippen molar-refractivity contribution in [2.24, 2.45) is 5.92 Å². The molecule has 0 saturated carbocycles. The van der Waals surface area contributed by atoms with Gasteiger partial charge in [0.1, 0.15) is 11.6 Å². The second-order valence-corrected chi connectivity index (χ2v) is 10.9. The molecule has 2 unspecified atom stereocenters. The van der Waals surface area contributed by atoms with Gasteiger partial charge >= 0.3 is 0 Å². The number of hydrogen-bond donors (Lipinski definition) is 1. The van der Waals surface area contributed by atoms with E-state index in [-0.39, 0.29) is 17.9 Å². The van der Waals surface area contributed by atoms with Crippen LogP contribution in [0.2, 0.25) is 0 Å². The summed E-state index contributed by atoms with van der Waals surface area (Å²) < 4.78 is 33.0. The molecule has 4 heterocycles. The molecule has 2 atom stereocenters. The maximum absolute atomic E-state index is 11.8. The third-order valence-electron chi connectivity index (χ3n) is 6.56. The van der Waals surface area contributed by atoms with E-state index in [1.165, 1.54) is 10.6 Å². The summed E-state index contributed by atoms with van der Waals surface area (Å²) in [7, 11) is -3.15. The summed E-state index contributed by atoms with van der Waals surface area (Å²) in [4.78, 5) is 18.6. The number of carbonyl (C=O) groups is 1. The van der Waals surface area contributed by atoms with Gasteiger partial charge in [0.15, 0.2) is 0 Å². The number of amides is 1. The fraction of sp³-hybridized carbons (Fsp3) is 0.435. The van der Waals surface area contributed by atoms with Gasteiger partial charge in [0, 0.05) is 56.3 Å². The second kappa shape index (κ2) is 8.88. The molecule has 2 aliphatic rings. The van der Waals surface area contributed by atoms with E-state index in [0.29, 0.717) is 45.0 Å². The smallest absolute Gasteiger partial charge is 0.240 e. The van der Waals surface area contributed by atoms with Gasteiger partial charge in [0.25, 0.3) is 0 Å². The lowest BCUT2D eigenvalue weighted by Crippen LogP contribution is -2.48. The zero-order valence-corrected chi connectivity index (χ0v) is 20.0. The number of piperazine rings is 1.